The molecule has 2 heterocycles. The first kappa shape index (κ1) is 21.5. The third kappa shape index (κ3) is 4.74. The van der Waals surface area contributed by atoms with Gasteiger partial charge in [0.1, 0.15) is 0 Å². The number of carbonyl (C=O) groups is 2. The molecular formula is C20H31ClN4O2. The summed E-state index contributed by atoms with van der Waals surface area (Å²) < 4.78 is 0. The van der Waals surface area contributed by atoms with Crippen LogP contribution in [0, 0.1) is 11.8 Å². The number of hydrogen-bond acceptors (Lipinski definition) is 3. The number of hydrogen-bond donors (Lipinski definition) is 1. The summed E-state index contributed by atoms with van der Waals surface area (Å²) in [5.41, 5.74) is 7.26. The lowest BCUT2D eigenvalue weighted by atomic mass is 9.89. The van der Waals surface area contributed by atoms with Crippen LogP contribution in [0.2, 0.25) is 0 Å². The summed E-state index contributed by atoms with van der Waals surface area (Å²) in [6.45, 7) is 3.40. The molecule has 6 nitrogen and oxygen atoms in total. The van der Waals surface area contributed by atoms with Crippen molar-refractivity contribution in [1.82, 2.24) is 14.7 Å². The van der Waals surface area contributed by atoms with Gasteiger partial charge in [0.15, 0.2) is 0 Å². The van der Waals surface area contributed by atoms with Gasteiger partial charge in [0.2, 0.25) is 5.91 Å². The Morgan fingerprint density at radius 2 is 1.70 bits per heavy atom. The number of nitrogens with zero attached hydrogens (tertiary/aromatic N) is 3. The third-order valence-corrected chi connectivity index (χ3v) is 5.78. The van der Waals surface area contributed by atoms with Gasteiger partial charge in [-0.2, -0.15) is 0 Å². The Hall–Kier alpha value is -1.79. The van der Waals surface area contributed by atoms with Gasteiger partial charge in [-0.3, -0.25) is 4.79 Å². The highest BCUT2D eigenvalue weighted by Crippen LogP contribution is 2.33. The second-order valence-electron chi connectivity index (χ2n) is 7.69. The Bertz CT molecular complexity index is 632. The van der Waals surface area contributed by atoms with Gasteiger partial charge in [-0.15, -0.1) is 12.4 Å². The number of halogens is 1. The molecule has 1 aromatic carbocycles. The molecule has 3 amide bonds. The molecule has 2 atom stereocenters. The molecule has 1 aromatic rings. The standard InChI is InChI=1S/C20H30N4O2.ClH/c1-22(2)20(26)23-10-8-16(9-11-23)19(25)24-13-17(12-21)18(14-24)15-6-4-3-5-7-15;/h3-7,16-18H,8-14,21H2,1-2H3;1H/t17-,18+;/m1./s1. The molecule has 0 saturated carbocycles. The minimum atomic E-state index is 0. The second kappa shape index (κ2) is 9.42. The van der Waals surface area contributed by atoms with Crippen LogP contribution in [-0.2, 0) is 4.79 Å². The number of piperidine rings is 1. The molecule has 3 rings (SSSR count). The smallest absolute Gasteiger partial charge is 0.319 e. The Labute approximate surface area is 168 Å². The predicted octanol–water partition coefficient (Wildman–Crippen LogP) is 2.00. The summed E-state index contributed by atoms with van der Waals surface area (Å²) in [5.74, 6) is 0.894. The maximum Gasteiger partial charge on any atom is 0.319 e. The van der Waals surface area contributed by atoms with E-state index in [1.54, 1.807) is 19.0 Å². The van der Waals surface area contributed by atoms with Crippen LogP contribution in [0.4, 0.5) is 4.79 Å². The summed E-state index contributed by atoms with van der Waals surface area (Å²) in [5, 5.41) is 0. The number of likely N-dealkylation sites (tertiary alicyclic amines) is 2. The van der Waals surface area contributed by atoms with Gasteiger partial charge in [-0.25, -0.2) is 4.79 Å². The first-order valence-electron chi connectivity index (χ1n) is 9.51. The fraction of sp³-hybridized carbons (Fsp3) is 0.600. The van der Waals surface area contributed by atoms with Crippen LogP contribution in [0.25, 0.3) is 0 Å². The minimum Gasteiger partial charge on any atom is -0.341 e. The summed E-state index contributed by atoms with van der Waals surface area (Å²) in [4.78, 5) is 30.5. The van der Waals surface area contributed by atoms with E-state index in [4.69, 9.17) is 5.73 Å². The van der Waals surface area contributed by atoms with E-state index in [9.17, 15) is 9.59 Å². The lowest BCUT2D eigenvalue weighted by Crippen LogP contribution is -2.47. The number of urea groups is 1. The summed E-state index contributed by atoms with van der Waals surface area (Å²) in [7, 11) is 3.53. The maximum absolute atomic E-state index is 13.0. The van der Waals surface area contributed by atoms with Gasteiger partial charge in [0.25, 0.3) is 0 Å². The molecule has 2 N–H and O–H groups in total. The van der Waals surface area contributed by atoms with Crippen molar-refractivity contribution in [2.45, 2.75) is 18.8 Å². The molecule has 2 saturated heterocycles. The topological polar surface area (TPSA) is 69.9 Å². The van der Waals surface area contributed by atoms with Gasteiger partial charge in [-0.05, 0) is 30.9 Å². The monoisotopic (exact) mass is 394 g/mol. The molecule has 150 valence electrons. The van der Waals surface area contributed by atoms with Crippen molar-refractivity contribution in [2.24, 2.45) is 17.6 Å². The van der Waals surface area contributed by atoms with E-state index in [0.29, 0.717) is 31.5 Å². The quantitative estimate of drug-likeness (QED) is 0.852. The van der Waals surface area contributed by atoms with Crippen LogP contribution in [0.3, 0.4) is 0 Å². The molecular weight excluding hydrogens is 364 g/mol. The number of nitrogens with two attached hydrogens (primary N) is 1. The molecule has 0 spiro atoms. The summed E-state index contributed by atoms with van der Waals surface area (Å²) in [6, 6.07) is 10.4. The lowest BCUT2D eigenvalue weighted by Gasteiger charge is -2.34. The van der Waals surface area contributed by atoms with Gasteiger partial charge in [0.05, 0.1) is 0 Å². The van der Waals surface area contributed by atoms with E-state index in [1.807, 2.05) is 28.0 Å². The predicted molar refractivity (Wildman–Crippen MR) is 109 cm³/mol. The zero-order valence-electron chi connectivity index (χ0n) is 16.2. The highest BCUT2D eigenvalue weighted by Gasteiger charge is 2.38. The fourth-order valence-corrected chi connectivity index (χ4v) is 4.23. The van der Waals surface area contributed by atoms with Crippen LogP contribution in [0.15, 0.2) is 30.3 Å². The Morgan fingerprint density at radius 1 is 1.07 bits per heavy atom. The average molecular weight is 395 g/mol. The van der Waals surface area contributed by atoms with Crippen molar-refractivity contribution in [3.8, 4) is 0 Å². The second-order valence-corrected chi connectivity index (χ2v) is 7.69. The largest absolute Gasteiger partial charge is 0.341 e. The third-order valence-electron chi connectivity index (χ3n) is 5.78. The first-order chi connectivity index (χ1) is 12.5. The first-order valence-corrected chi connectivity index (χ1v) is 9.51. The van der Waals surface area contributed by atoms with Gasteiger partial charge >= 0.3 is 6.03 Å². The number of amides is 3. The lowest BCUT2D eigenvalue weighted by molar-refractivity contribution is -0.136. The molecule has 2 aliphatic rings. The van der Waals surface area contributed by atoms with Crippen molar-refractivity contribution >= 4 is 24.3 Å². The Morgan fingerprint density at radius 3 is 2.26 bits per heavy atom. The fourth-order valence-electron chi connectivity index (χ4n) is 4.23. The van der Waals surface area contributed by atoms with Gasteiger partial charge in [-0.1, -0.05) is 30.3 Å². The minimum absolute atomic E-state index is 0. The van der Waals surface area contributed by atoms with Crippen molar-refractivity contribution in [2.75, 3.05) is 46.8 Å². The maximum atomic E-state index is 13.0. The molecule has 0 aromatic heterocycles. The van der Waals surface area contributed by atoms with E-state index < -0.39 is 0 Å². The van der Waals surface area contributed by atoms with Crippen LogP contribution in [0.5, 0.6) is 0 Å². The summed E-state index contributed by atoms with van der Waals surface area (Å²) >= 11 is 0. The van der Waals surface area contributed by atoms with E-state index in [0.717, 1.165) is 25.9 Å². The Kier molecular flexibility index (Phi) is 7.50. The highest BCUT2D eigenvalue weighted by atomic mass is 35.5. The molecule has 0 radical (unpaired) electrons. The molecule has 0 bridgehead atoms. The highest BCUT2D eigenvalue weighted by molar-refractivity contribution is 5.85. The van der Waals surface area contributed by atoms with Crippen LogP contribution < -0.4 is 5.73 Å². The SMILES string of the molecule is CN(C)C(=O)N1CCC(C(=O)N2C[C@@H](CN)[C@H](c3ccccc3)C2)CC1.Cl. The Balaban J connectivity index is 0.00000261. The zero-order valence-corrected chi connectivity index (χ0v) is 17.0. The zero-order chi connectivity index (χ0) is 18.7. The number of rotatable bonds is 3. The summed E-state index contributed by atoms with van der Waals surface area (Å²) in [6.07, 6.45) is 1.50. The van der Waals surface area contributed by atoms with Gasteiger partial charge in [0, 0.05) is 52.1 Å². The van der Waals surface area contributed by atoms with Crippen molar-refractivity contribution < 1.29 is 9.59 Å². The van der Waals surface area contributed by atoms with Crippen LogP contribution >= 0.6 is 12.4 Å². The van der Waals surface area contributed by atoms with E-state index in [-0.39, 0.29) is 30.3 Å². The van der Waals surface area contributed by atoms with E-state index in [2.05, 4.69) is 12.1 Å². The number of benzene rings is 1. The van der Waals surface area contributed by atoms with Gasteiger partial charge < -0.3 is 20.4 Å². The van der Waals surface area contributed by atoms with Crippen molar-refractivity contribution in [1.29, 1.82) is 0 Å². The van der Waals surface area contributed by atoms with Crippen molar-refractivity contribution in [3.63, 3.8) is 0 Å². The average Bonchev–Trinajstić information content (AvgIpc) is 3.12. The molecule has 2 aliphatic heterocycles. The van der Waals surface area contributed by atoms with Crippen LogP contribution in [0.1, 0.15) is 24.3 Å². The molecule has 0 unspecified atom stereocenters. The molecule has 2 fully saturated rings. The van der Waals surface area contributed by atoms with E-state index in [1.165, 1.54) is 5.56 Å². The number of carbonyl (C=O) groups excluding carboxylic acids is 2. The van der Waals surface area contributed by atoms with E-state index >= 15 is 0 Å². The normalized spacial score (nSPS) is 23.1. The molecule has 27 heavy (non-hydrogen) atoms. The molecule has 7 heteroatoms. The van der Waals surface area contributed by atoms with Crippen LogP contribution in [-0.4, -0.2) is 73.5 Å². The van der Waals surface area contributed by atoms with Crippen molar-refractivity contribution in [3.05, 3.63) is 35.9 Å². The molecule has 0 aliphatic carbocycles.